The van der Waals surface area contributed by atoms with E-state index in [9.17, 15) is 9.59 Å². The summed E-state index contributed by atoms with van der Waals surface area (Å²) in [6.45, 7) is 1.69. The van der Waals surface area contributed by atoms with Gasteiger partial charge in [0.2, 0.25) is 0 Å². The van der Waals surface area contributed by atoms with E-state index in [0.29, 0.717) is 37.7 Å². The summed E-state index contributed by atoms with van der Waals surface area (Å²) in [4.78, 5) is 33.2. The summed E-state index contributed by atoms with van der Waals surface area (Å²) in [6.07, 6.45) is 0. The first-order valence-electron chi connectivity index (χ1n) is 11.8. The molecule has 0 fully saturated rings. The van der Waals surface area contributed by atoms with Gasteiger partial charge in [0.15, 0.2) is 0 Å². The quantitative estimate of drug-likeness (QED) is 0.396. The van der Waals surface area contributed by atoms with Crippen LogP contribution in [0.4, 0.5) is 32.3 Å². The highest BCUT2D eigenvalue weighted by atomic mass is 16.5. The van der Waals surface area contributed by atoms with Crippen LogP contribution >= 0.6 is 0 Å². The van der Waals surface area contributed by atoms with Crippen LogP contribution in [0, 0.1) is 0 Å². The van der Waals surface area contributed by atoms with E-state index in [1.165, 1.54) is 0 Å². The summed E-state index contributed by atoms with van der Waals surface area (Å²) >= 11 is 0. The lowest BCUT2D eigenvalue weighted by atomic mass is 10.2. The van der Waals surface area contributed by atoms with E-state index in [1.807, 2.05) is 84.9 Å². The second kappa shape index (κ2) is 13.3. The lowest BCUT2D eigenvalue weighted by Crippen LogP contribution is -2.43. The predicted octanol–water partition coefficient (Wildman–Crippen LogP) is 5.11. The van der Waals surface area contributed by atoms with E-state index >= 15 is 0 Å². The van der Waals surface area contributed by atoms with Crippen molar-refractivity contribution in [3.8, 4) is 0 Å². The average Bonchev–Trinajstić information content (AvgIpc) is 2.93. The molecule has 0 aliphatic rings. The SMILES string of the molecule is COCCN(C(=O)N(C)c1ccc(N(C)C(=O)N(CCOC)c2ccccc2)cc1)c1ccccc1. The molecule has 0 unspecified atom stereocenters. The fraction of sp³-hybridized carbons (Fsp3) is 0.286. The Morgan fingerprint density at radius 2 is 0.889 bits per heavy atom. The second-order valence-electron chi connectivity index (χ2n) is 8.16. The zero-order valence-electron chi connectivity index (χ0n) is 21.3. The Morgan fingerprint density at radius 3 is 1.19 bits per heavy atom. The van der Waals surface area contributed by atoms with Crippen LogP contribution in [0.2, 0.25) is 0 Å². The van der Waals surface area contributed by atoms with Gasteiger partial charge in [-0.05, 0) is 48.5 Å². The first kappa shape index (κ1) is 26.7. The number of carbonyl (C=O) groups is 2. The van der Waals surface area contributed by atoms with E-state index in [-0.39, 0.29) is 12.1 Å². The van der Waals surface area contributed by atoms with E-state index < -0.39 is 0 Å². The first-order valence-corrected chi connectivity index (χ1v) is 11.8. The molecule has 3 rings (SSSR count). The third kappa shape index (κ3) is 6.62. The minimum Gasteiger partial charge on any atom is -0.383 e. The van der Waals surface area contributed by atoms with Gasteiger partial charge in [-0.1, -0.05) is 36.4 Å². The Hall–Kier alpha value is -3.88. The molecule has 3 aromatic carbocycles. The number of carbonyl (C=O) groups excluding carboxylic acids is 2. The maximum Gasteiger partial charge on any atom is 0.328 e. The van der Waals surface area contributed by atoms with E-state index in [1.54, 1.807) is 47.9 Å². The maximum absolute atomic E-state index is 13.3. The minimum atomic E-state index is -0.176. The number of amides is 4. The molecule has 8 nitrogen and oxygen atoms in total. The Labute approximate surface area is 213 Å². The van der Waals surface area contributed by atoms with Crippen LogP contribution in [0.1, 0.15) is 0 Å². The third-order valence-corrected chi connectivity index (χ3v) is 5.83. The number of nitrogens with zero attached hydrogens (tertiary/aromatic N) is 4. The van der Waals surface area contributed by atoms with Crippen LogP contribution in [0.3, 0.4) is 0 Å². The van der Waals surface area contributed by atoms with Crippen molar-refractivity contribution >= 4 is 34.8 Å². The maximum atomic E-state index is 13.3. The summed E-state index contributed by atoms with van der Waals surface area (Å²) in [5, 5.41) is 0. The number of methoxy groups -OCH3 is 2. The Bertz CT molecular complexity index is 1010. The molecule has 0 saturated heterocycles. The van der Waals surface area contributed by atoms with E-state index in [2.05, 4.69) is 0 Å². The van der Waals surface area contributed by atoms with Crippen LogP contribution < -0.4 is 19.6 Å². The lowest BCUT2D eigenvalue weighted by molar-refractivity contribution is 0.203. The average molecular weight is 491 g/mol. The van der Waals surface area contributed by atoms with E-state index in [4.69, 9.17) is 9.47 Å². The largest absolute Gasteiger partial charge is 0.383 e. The van der Waals surface area contributed by atoms with Crippen molar-refractivity contribution in [2.45, 2.75) is 0 Å². The fourth-order valence-electron chi connectivity index (χ4n) is 3.73. The van der Waals surface area contributed by atoms with Crippen LogP contribution in [0.5, 0.6) is 0 Å². The molecular weight excluding hydrogens is 456 g/mol. The topological polar surface area (TPSA) is 65.6 Å². The van der Waals surface area contributed by atoms with Crippen molar-refractivity contribution in [1.29, 1.82) is 0 Å². The zero-order valence-corrected chi connectivity index (χ0v) is 21.3. The third-order valence-electron chi connectivity index (χ3n) is 5.83. The molecule has 0 spiro atoms. The summed E-state index contributed by atoms with van der Waals surface area (Å²) in [7, 11) is 6.69. The van der Waals surface area contributed by atoms with Gasteiger partial charge in [0, 0.05) is 51.1 Å². The molecule has 0 aliphatic carbocycles. The normalized spacial score (nSPS) is 10.6. The van der Waals surface area contributed by atoms with Gasteiger partial charge in [0.25, 0.3) is 0 Å². The van der Waals surface area contributed by atoms with Gasteiger partial charge in [-0.3, -0.25) is 19.6 Å². The molecule has 0 bridgehead atoms. The van der Waals surface area contributed by atoms with Gasteiger partial charge in [0.05, 0.1) is 26.3 Å². The van der Waals surface area contributed by atoms with Crippen molar-refractivity contribution in [1.82, 2.24) is 0 Å². The molecule has 8 heteroatoms. The predicted molar refractivity (Wildman–Crippen MR) is 145 cm³/mol. The molecule has 0 aromatic heterocycles. The van der Waals surface area contributed by atoms with Crippen LogP contribution in [0.25, 0.3) is 0 Å². The molecule has 3 aromatic rings. The highest BCUT2D eigenvalue weighted by molar-refractivity contribution is 6.05. The molecule has 0 radical (unpaired) electrons. The molecule has 36 heavy (non-hydrogen) atoms. The molecule has 0 N–H and O–H groups in total. The van der Waals surface area contributed by atoms with Gasteiger partial charge in [-0.2, -0.15) is 0 Å². The number of benzene rings is 3. The molecule has 190 valence electrons. The van der Waals surface area contributed by atoms with Crippen LogP contribution in [-0.2, 0) is 9.47 Å². The second-order valence-corrected chi connectivity index (χ2v) is 8.16. The lowest BCUT2D eigenvalue weighted by Gasteiger charge is -2.30. The van der Waals surface area contributed by atoms with Gasteiger partial charge in [-0.25, -0.2) is 9.59 Å². The van der Waals surface area contributed by atoms with E-state index in [0.717, 1.165) is 11.4 Å². The number of hydrogen-bond acceptors (Lipinski definition) is 4. The van der Waals surface area contributed by atoms with Crippen molar-refractivity contribution in [2.75, 3.05) is 74.2 Å². The van der Waals surface area contributed by atoms with Crippen molar-refractivity contribution in [3.63, 3.8) is 0 Å². The molecule has 0 saturated carbocycles. The Balaban J connectivity index is 1.76. The number of ether oxygens (including phenoxy) is 2. The first-order chi connectivity index (χ1) is 17.5. The van der Waals surface area contributed by atoms with Gasteiger partial charge in [0.1, 0.15) is 0 Å². The molecule has 0 atom stereocenters. The summed E-state index contributed by atoms with van der Waals surface area (Å²) in [6, 6.07) is 26.0. The smallest absolute Gasteiger partial charge is 0.328 e. The number of anilines is 4. The van der Waals surface area contributed by atoms with Crippen molar-refractivity contribution in [3.05, 3.63) is 84.9 Å². The zero-order chi connectivity index (χ0) is 25.9. The summed E-state index contributed by atoms with van der Waals surface area (Å²) < 4.78 is 10.4. The highest BCUT2D eigenvalue weighted by Crippen LogP contribution is 2.24. The van der Waals surface area contributed by atoms with Crippen molar-refractivity contribution in [2.24, 2.45) is 0 Å². The summed E-state index contributed by atoms with van der Waals surface area (Å²) in [5.74, 6) is 0. The molecule has 0 aliphatic heterocycles. The standard InChI is InChI=1S/C28H34N4O4/c1-29(27(33)31(19-21-35-3)25-11-7-5-8-12-25)23-15-17-24(18-16-23)30(2)28(34)32(20-22-36-4)26-13-9-6-10-14-26/h5-18H,19-22H2,1-4H3. The molecule has 0 heterocycles. The summed E-state index contributed by atoms with van der Waals surface area (Å²) in [5.41, 5.74) is 3.01. The highest BCUT2D eigenvalue weighted by Gasteiger charge is 2.23. The molecule has 4 amide bonds. The van der Waals surface area contributed by atoms with Gasteiger partial charge < -0.3 is 9.47 Å². The Kier molecular flexibility index (Phi) is 9.85. The van der Waals surface area contributed by atoms with Crippen LogP contribution in [-0.4, -0.2) is 66.7 Å². The number of urea groups is 2. The number of hydrogen-bond donors (Lipinski definition) is 0. The monoisotopic (exact) mass is 490 g/mol. The number of para-hydroxylation sites is 2. The fourth-order valence-corrected chi connectivity index (χ4v) is 3.73. The Morgan fingerprint density at radius 1 is 0.556 bits per heavy atom. The van der Waals surface area contributed by atoms with Gasteiger partial charge >= 0.3 is 12.1 Å². The van der Waals surface area contributed by atoms with Crippen LogP contribution in [0.15, 0.2) is 84.9 Å². The minimum absolute atomic E-state index is 0.176. The van der Waals surface area contributed by atoms with Gasteiger partial charge in [-0.15, -0.1) is 0 Å². The van der Waals surface area contributed by atoms with Crippen molar-refractivity contribution < 1.29 is 19.1 Å². The number of rotatable bonds is 10. The molecular formula is C28H34N4O4.